The molecule has 3 rings (SSSR count). The molecule has 0 N–H and O–H groups in total. The first kappa shape index (κ1) is 23.7. The zero-order valence-electron chi connectivity index (χ0n) is 18.8. The molecule has 1 heteroatoms. The summed E-state index contributed by atoms with van der Waals surface area (Å²) in [6.07, 6.45) is 11.8. The second-order valence-corrected chi connectivity index (χ2v) is 9.62. The predicted octanol–water partition coefficient (Wildman–Crippen LogP) is 9.06. The molecule has 0 unspecified atom stereocenters. The molecule has 1 radical (unpaired) electrons. The molecule has 0 aliphatic heterocycles. The van der Waals surface area contributed by atoms with Crippen LogP contribution < -0.4 is 0 Å². The molecule has 0 heterocycles. The minimum absolute atomic E-state index is 0.169. The Balaban J connectivity index is 1.70. The lowest BCUT2D eigenvalue weighted by atomic mass is 9.84. The molecule has 0 bridgehead atoms. The first-order chi connectivity index (χ1) is 15.4. The first-order valence-corrected chi connectivity index (χ1v) is 13.0. The Labute approximate surface area is 194 Å². The predicted molar refractivity (Wildman–Crippen MR) is 139 cm³/mol. The monoisotopic (exact) mass is 429 g/mol. The third-order valence-electron chi connectivity index (χ3n) is 6.00. The minimum atomic E-state index is -0.169. The average molecular weight is 430 g/mol. The molecule has 163 valence electrons. The second kappa shape index (κ2) is 13.4. The largest absolute Gasteiger partial charge is 0.141 e. The van der Waals surface area contributed by atoms with Crippen molar-refractivity contribution in [2.75, 3.05) is 5.75 Å². The molecular weight excluding hydrogens is 392 g/mol. The van der Waals surface area contributed by atoms with Crippen LogP contribution in [-0.2, 0) is 4.75 Å². The lowest BCUT2D eigenvalue weighted by Crippen LogP contribution is -2.26. The molecule has 0 aliphatic carbocycles. The number of benzene rings is 3. The van der Waals surface area contributed by atoms with Crippen molar-refractivity contribution in [2.24, 2.45) is 0 Å². The van der Waals surface area contributed by atoms with Crippen LogP contribution in [0, 0.1) is 6.92 Å². The van der Waals surface area contributed by atoms with Gasteiger partial charge in [-0.25, -0.2) is 0 Å². The van der Waals surface area contributed by atoms with E-state index < -0.39 is 0 Å². The number of unbranched alkanes of at least 4 members (excludes halogenated alkanes) is 8. The van der Waals surface area contributed by atoms with Crippen LogP contribution in [0.15, 0.2) is 91.0 Å². The SMILES string of the molecule is [CH2]CCCCCCCCCCSC(c1ccccc1)(c1ccccc1)c1ccccc1. The van der Waals surface area contributed by atoms with E-state index >= 15 is 0 Å². The Morgan fingerprint density at radius 2 is 0.839 bits per heavy atom. The summed E-state index contributed by atoms with van der Waals surface area (Å²) >= 11 is 2.10. The molecule has 0 spiro atoms. The molecule has 0 amide bonds. The number of hydrogen-bond donors (Lipinski definition) is 0. The van der Waals surface area contributed by atoms with Crippen LogP contribution in [0.5, 0.6) is 0 Å². The van der Waals surface area contributed by atoms with Gasteiger partial charge < -0.3 is 0 Å². The molecule has 0 aromatic heterocycles. The summed E-state index contributed by atoms with van der Waals surface area (Å²) in [6.45, 7) is 3.94. The Kier molecular flexibility index (Phi) is 10.3. The summed E-state index contributed by atoms with van der Waals surface area (Å²) in [5.74, 6) is 1.17. The van der Waals surface area contributed by atoms with Crippen LogP contribution in [0.25, 0.3) is 0 Å². The highest BCUT2D eigenvalue weighted by molar-refractivity contribution is 8.00. The smallest absolute Gasteiger partial charge is 0.0906 e. The van der Waals surface area contributed by atoms with Gasteiger partial charge in [-0.05, 0) is 28.9 Å². The van der Waals surface area contributed by atoms with E-state index in [1.807, 2.05) is 0 Å². The maximum absolute atomic E-state index is 3.94. The third-order valence-corrected chi connectivity index (χ3v) is 7.64. The zero-order chi connectivity index (χ0) is 21.6. The van der Waals surface area contributed by atoms with Gasteiger partial charge in [0.05, 0.1) is 4.75 Å². The van der Waals surface area contributed by atoms with Gasteiger partial charge in [0.1, 0.15) is 0 Å². The van der Waals surface area contributed by atoms with Gasteiger partial charge in [-0.1, -0.05) is 149 Å². The van der Waals surface area contributed by atoms with Crippen LogP contribution >= 0.6 is 11.8 Å². The van der Waals surface area contributed by atoms with Crippen molar-refractivity contribution in [2.45, 2.75) is 62.5 Å². The van der Waals surface area contributed by atoms with Crippen molar-refractivity contribution in [1.82, 2.24) is 0 Å². The summed E-state index contributed by atoms with van der Waals surface area (Å²) in [4.78, 5) is 0. The van der Waals surface area contributed by atoms with Gasteiger partial charge in [-0.2, -0.15) is 0 Å². The van der Waals surface area contributed by atoms with Gasteiger partial charge in [0, 0.05) is 0 Å². The molecule has 31 heavy (non-hydrogen) atoms. The van der Waals surface area contributed by atoms with Gasteiger partial charge >= 0.3 is 0 Å². The van der Waals surface area contributed by atoms with Crippen molar-refractivity contribution in [3.8, 4) is 0 Å². The van der Waals surface area contributed by atoms with Gasteiger partial charge in [0.25, 0.3) is 0 Å². The van der Waals surface area contributed by atoms with Gasteiger partial charge in [-0.3, -0.25) is 0 Å². The van der Waals surface area contributed by atoms with Crippen molar-refractivity contribution in [3.63, 3.8) is 0 Å². The molecular formula is C30H37S. The summed E-state index contributed by atoms with van der Waals surface area (Å²) in [5, 5.41) is 0. The standard InChI is InChI=1S/C30H37S/c1-2-3-4-5-6-7-8-9-19-26-31-30(27-20-13-10-14-21-27,28-22-15-11-16-23-28)29-24-17-12-18-25-29/h10-18,20-25H,1-9,19,26H2. The minimum Gasteiger partial charge on any atom is -0.141 e. The van der Waals surface area contributed by atoms with E-state index in [0.717, 1.165) is 6.42 Å². The molecule has 0 nitrogen and oxygen atoms in total. The number of hydrogen-bond acceptors (Lipinski definition) is 1. The van der Waals surface area contributed by atoms with Gasteiger partial charge in [0.2, 0.25) is 0 Å². The molecule has 0 aliphatic rings. The van der Waals surface area contributed by atoms with Crippen LogP contribution in [0.1, 0.15) is 74.5 Å². The third kappa shape index (κ3) is 6.74. The summed E-state index contributed by atoms with van der Waals surface area (Å²) in [6, 6.07) is 33.1. The van der Waals surface area contributed by atoms with E-state index in [-0.39, 0.29) is 4.75 Å². The fourth-order valence-corrected chi connectivity index (χ4v) is 5.90. The highest BCUT2D eigenvalue weighted by atomic mass is 32.2. The second-order valence-electron chi connectivity index (χ2n) is 8.31. The summed E-state index contributed by atoms with van der Waals surface area (Å²) in [5.41, 5.74) is 4.09. The maximum atomic E-state index is 3.94. The Morgan fingerprint density at radius 3 is 1.23 bits per heavy atom. The highest BCUT2D eigenvalue weighted by Crippen LogP contribution is 2.48. The van der Waals surface area contributed by atoms with Crippen molar-refractivity contribution < 1.29 is 0 Å². The summed E-state index contributed by atoms with van der Waals surface area (Å²) < 4.78 is -0.169. The Morgan fingerprint density at radius 1 is 0.484 bits per heavy atom. The van der Waals surface area contributed by atoms with Crippen LogP contribution in [0.4, 0.5) is 0 Å². The van der Waals surface area contributed by atoms with Crippen LogP contribution in [0.3, 0.4) is 0 Å². The number of thioether (sulfide) groups is 1. The topological polar surface area (TPSA) is 0 Å². The van der Waals surface area contributed by atoms with E-state index in [1.54, 1.807) is 0 Å². The van der Waals surface area contributed by atoms with E-state index in [0.29, 0.717) is 0 Å². The lowest BCUT2D eigenvalue weighted by molar-refractivity contribution is 0.578. The Hall–Kier alpha value is -1.99. The van der Waals surface area contributed by atoms with E-state index in [2.05, 4.69) is 110 Å². The van der Waals surface area contributed by atoms with Crippen molar-refractivity contribution in [1.29, 1.82) is 0 Å². The first-order valence-electron chi connectivity index (χ1n) is 12.0. The Bertz CT molecular complexity index is 729. The quantitative estimate of drug-likeness (QED) is 0.182. The molecule has 3 aromatic rings. The van der Waals surface area contributed by atoms with Gasteiger partial charge in [-0.15, -0.1) is 11.8 Å². The summed E-state index contributed by atoms with van der Waals surface area (Å²) in [7, 11) is 0. The molecule has 0 saturated carbocycles. The van der Waals surface area contributed by atoms with E-state index in [9.17, 15) is 0 Å². The van der Waals surface area contributed by atoms with Crippen molar-refractivity contribution in [3.05, 3.63) is 115 Å². The van der Waals surface area contributed by atoms with Crippen molar-refractivity contribution >= 4 is 11.8 Å². The van der Waals surface area contributed by atoms with Crippen LogP contribution in [-0.4, -0.2) is 5.75 Å². The molecule has 3 aromatic carbocycles. The highest BCUT2D eigenvalue weighted by Gasteiger charge is 2.36. The van der Waals surface area contributed by atoms with E-state index in [1.165, 1.54) is 73.8 Å². The normalized spacial score (nSPS) is 11.5. The van der Waals surface area contributed by atoms with Gasteiger partial charge in [0.15, 0.2) is 0 Å². The lowest BCUT2D eigenvalue weighted by Gasteiger charge is -2.35. The van der Waals surface area contributed by atoms with Crippen LogP contribution in [0.2, 0.25) is 0 Å². The fourth-order valence-electron chi connectivity index (χ4n) is 4.33. The maximum Gasteiger partial charge on any atom is 0.0906 e. The molecule has 0 saturated heterocycles. The van der Waals surface area contributed by atoms with E-state index in [4.69, 9.17) is 0 Å². The molecule has 0 fully saturated rings. The zero-order valence-corrected chi connectivity index (χ0v) is 19.7. The molecule has 0 atom stereocenters. The number of rotatable bonds is 14. The average Bonchev–Trinajstić information content (AvgIpc) is 2.84. The fraction of sp³-hybridized carbons (Fsp3) is 0.367.